The Morgan fingerprint density at radius 3 is 2.37 bits per heavy atom. The summed E-state index contributed by atoms with van der Waals surface area (Å²) in [5.41, 5.74) is 0.258. The normalized spacial score (nSPS) is 20.0. The average molecular weight is 274 g/mol. The maximum Gasteiger partial charge on any atom is 0.451 e. The summed E-state index contributed by atoms with van der Waals surface area (Å²) in [4.78, 5) is 19.5. The van der Waals surface area contributed by atoms with Crippen molar-refractivity contribution in [1.82, 2.24) is 15.3 Å². The van der Waals surface area contributed by atoms with Crippen molar-refractivity contribution in [3.8, 4) is 0 Å². The van der Waals surface area contributed by atoms with Gasteiger partial charge in [-0.05, 0) is 5.92 Å². The van der Waals surface area contributed by atoms with Crippen LogP contribution in [-0.2, 0) is 6.18 Å². The van der Waals surface area contributed by atoms with Gasteiger partial charge in [0.2, 0.25) is 5.82 Å². The van der Waals surface area contributed by atoms with Crippen LogP contribution in [0.1, 0.15) is 19.7 Å². The molecule has 2 rings (SSSR count). The zero-order valence-corrected chi connectivity index (χ0v) is 10.4. The molecule has 1 aromatic heterocycles. The van der Waals surface area contributed by atoms with Crippen LogP contribution in [0.25, 0.3) is 0 Å². The molecule has 0 aromatic carbocycles. The molecule has 1 aliphatic heterocycles. The van der Waals surface area contributed by atoms with Crippen LogP contribution in [0, 0.1) is 5.92 Å². The van der Waals surface area contributed by atoms with Gasteiger partial charge >= 0.3 is 12.2 Å². The van der Waals surface area contributed by atoms with Crippen molar-refractivity contribution in [1.29, 1.82) is 0 Å². The first-order valence-corrected chi connectivity index (χ1v) is 5.76. The van der Waals surface area contributed by atoms with Crippen LogP contribution in [0.2, 0.25) is 0 Å². The Bertz CT molecular complexity index is 472. The smallest absolute Gasteiger partial charge is 0.333 e. The summed E-state index contributed by atoms with van der Waals surface area (Å²) >= 11 is 0. The molecule has 0 unspecified atom stereocenters. The topological polar surface area (TPSA) is 58.1 Å². The molecule has 1 atom stereocenters. The first kappa shape index (κ1) is 13.6. The summed E-state index contributed by atoms with van der Waals surface area (Å²) in [6.45, 7) is 4.31. The van der Waals surface area contributed by atoms with E-state index in [-0.39, 0.29) is 23.7 Å². The molecule has 8 heteroatoms. The van der Waals surface area contributed by atoms with Crippen molar-refractivity contribution < 1.29 is 18.0 Å². The summed E-state index contributed by atoms with van der Waals surface area (Å²) in [6.07, 6.45) is -2.55. The molecule has 2 heterocycles. The van der Waals surface area contributed by atoms with E-state index in [0.29, 0.717) is 6.54 Å². The standard InChI is InChI=1S/C11H13F3N4O/c1-6(2)8-5-18(10(19)17-8)7-3-15-9(16-4-7)11(12,13)14/h3-4,6,8H,5H2,1-2H3,(H,17,19)/t8-/m1/s1. The van der Waals surface area contributed by atoms with Crippen LogP contribution in [0.4, 0.5) is 23.7 Å². The summed E-state index contributed by atoms with van der Waals surface area (Å²) in [6, 6.07) is -0.378. The molecule has 0 aliphatic carbocycles. The van der Waals surface area contributed by atoms with Crippen LogP contribution < -0.4 is 10.2 Å². The second kappa shape index (κ2) is 4.67. The Labute approximate surface area is 107 Å². The maximum atomic E-state index is 12.3. The van der Waals surface area contributed by atoms with Crippen molar-refractivity contribution in [2.75, 3.05) is 11.4 Å². The highest BCUT2D eigenvalue weighted by Crippen LogP contribution is 2.27. The number of amides is 2. The number of nitrogens with zero attached hydrogens (tertiary/aromatic N) is 3. The zero-order valence-electron chi connectivity index (χ0n) is 10.4. The number of urea groups is 1. The molecule has 1 aliphatic rings. The number of aromatic nitrogens is 2. The number of rotatable bonds is 2. The molecule has 19 heavy (non-hydrogen) atoms. The third-order valence-corrected chi connectivity index (χ3v) is 2.94. The van der Waals surface area contributed by atoms with Gasteiger partial charge in [-0.2, -0.15) is 13.2 Å². The highest BCUT2D eigenvalue weighted by Gasteiger charge is 2.36. The van der Waals surface area contributed by atoms with E-state index >= 15 is 0 Å². The molecule has 0 bridgehead atoms. The van der Waals surface area contributed by atoms with E-state index in [1.807, 2.05) is 13.8 Å². The molecular formula is C11H13F3N4O. The molecule has 1 N–H and O–H groups in total. The number of hydrogen-bond acceptors (Lipinski definition) is 3. The van der Waals surface area contributed by atoms with Crippen molar-refractivity contribution in [3.63, 3.8) is 0 Å². The molecule has 5 nitrogen and oxygen atoms in total. The van der Waals surface area contributed by atoms with E-state index in [0.717, 1.165) is 12.4 Å². The van der Waals surface area contributed by atoms with Gasteiger partial charge in [0.15, 0.2) is 0 Å². The van der Waals surface area contributed by atoms with Gasteiger partial charge in [-0.25, -0.2) is 14.8 Å². The van der Waals surface area contributed by atoms with Crippen LogP contribution >= 0.6 is 0 Å². The molecular weight excluding hydrogens is 261 g/mol. The minimum atomic E-state index is -4.58. The van der Waals surface area contributed by atoms with Gasteiger partial charge in [-0.1, -0.05) is 13.8 Å². The Morgan fingerprint density at radius 2 is 1.95 bits per heavy atom. The van der Waals surface area contributed by atoms with E-state index in [4.69, 9.17) is 0 Å². The molecule has 2 amide bonds. The third kappa shape index (κ3) is 2.77. The zero-order chi connectivity index (χ0) is 14.2. The molecule has 0 saturated carbocycles. The first-order valence-electron chi connectivity index (χ1n) is 5.76. The van der Waals surface area contributed by atoms with Gasteiger partial charge in [0.05, 0.1) is 24.1 Å². The Hall–Kier alpha value is -1.86. The number of carbonyl (C=O) groups is 1. The summed E-state index contributed by atoms with van der Waals surface area (Å²) in [5, 5.41) is 2.76. The SMILES string of the molecule is CC(C)[C@H]1CN(c2cnc(C(F)(F)F)nc2)C(=O)N1. The number of carbonyl (C=O) groups excluding carboxylic acids is 1. The first-order chi connectivity index (χ1) is 8.79. The van der Waals surface area contributed by atoms with E-state index < -0.39 is 12.0 Å². The van der Waals surface area contributed by atoms with Gasteiger partial charge in [0.1, 0.15) is 0 Å². The predicted molar refractivity (Wildman–Crippen MR) is 61.5 cm³/mol. The second-order valence-corrected chi connectivity index (χ2v) is 4.67. The fourth-order valence-corrected chi connectivity index (χ4v) is 1.77. The van der Waals surface area contributed by atoms with Gasteiger partial charge in [-0.3, -0.25) is 4.90 Å². The van der Waals surface area contributed by atoms with Gasteiger partial charge in [0, 0.05) is 6.54 Å². The molecule has 1 fully saturated rings. The average Bonchev–Trinajstić information content (AvgIpc) is 2.70. The molecule has 0 spiro atoms. The molecule has 1 saturated heterocycles. The molecule has 104 valence electrons. The van der Waals surface area contributed by atoms with Crippen molar-refractivity contribution >= 4 is 11.7 Å². The van der Waals surface area contributed by atoms with Crippen LogP contribution in [-0.4, -0.2) is 28.6 Å². The van der Waals surface area contributed by atoms with E-state index in [9.17, 15) is 18.0 Å². The van der Waals surface area contributed by atoms with Gasteiger partial charge in [0.25, 0.3) is 0 Å². The predicted octanol–water partition coefficient (Wildman–Crippen LogP) is 2.05. The number of alkyl halides is 3. The van der Waals surface area contributed by atoms with Crippen LogP contribution in [0.5, 0.6) is 0 Å². The van der Waals surface area contributed by atoms with Crippen molar-refractivity contribution in [3.05, 3.63) is 18.2 Å². The minimum Gasteiger partial charge on any atom is -0.333 e. The number of halogens is 3. The molecule has 0 radical (unpaired) electrons. The Morgan fingerprint density at radius 1 is 1.37 bits per heavy atom. The lowest BCUT2D eigenvalue weighted by Crippen LogP contribution is -2.31. The summed E-state index contributed by atoms with van der Waals surface area (Å²) in [7, 11) is 0. The second-order valence-electron chi connectivity index (χ2n) is 4.67. The fraction of sp³-hybridized carbons (Fsp3) is 0.545. The highest BCUT2D eigenvalue weighted by molar-refractivity contribution is 5.94. The lowest BCUT2D eigenvalue weighted by Gasteiger charge is -2.15. The maximum absolute atomic E-state index is 12.3. The lowest BCUT2D eigenvalue weighted by atomic mass is 10.1. The number of anilines is 1. The summed E-state index contributed by atoms with van der Waals surface area (Å²) in [5.74, 6) is -0.972. The largest absolute Gasteiger partial charge is 0.451 e. The van der Waals surface area contributed by atoms with E-state index in [1.165, 1.54) is 4.90 Å². The van der Waals surface area contributed by atoms with Gasteiger partial charge < -0.3 is 5.32 Å². The lowest BCUT2D eigenvalue weighted by molar-refractivity contribution is -0.144. The van der Waals surface area contributed by atoms with Crippen molar-refractivity contribution in [2.45, 2.75) is 26.1 Å². The summed E-state index contributed by atoms with van der Waals surface area (Å²) < 4.78 is 37.0. The number of nitrogens with one attached hydrogen (secondary N) is 1. The van der Waals surface area contributed by atoms with Crippen LogP contribution in [0.3, 0.4) is 0 Å². The minimum absolute atomic E-state index is 0.0326. The van der Waals surface area contributed by atoms with Crippen LogP contribution in [0.15, 0.2) is 12.4 Å². The third-order valence-electron chi connectivity index (χ3n) is 2.94. The Kier molecular flexibility index (Phi) is 3.34. The van der Waals surface area contributed by atoms with E-state index in [1.54, 1.807) is 0 Å². The molecule has 1 aromatic rings. The quantitative estimate of drug-likeness (QED) is 0.898. The van der Waals surface area contributed by atoms with E-state index in [2.05, 4.69) is 15.3 Å². The highest BCUT2D eigenvalue weighted by atomic mass is 19.4. The fourth-order valence-electron chi connectivity index (χ4n) is 1.77. The number of hydrogen-bond donors (Lipinski definition) is 1. The van der Waals surface area contributed by atoms with Gasteiger partial charge in [-0.15, -0.1) is 0 Å². The Balaban J connectivity index is 2.17. The van der Waals surface area contributed by atoms with Crippen molar-refractivity contribution in [2.24, 2.45) is 5.92 Å². The monoisotopic (exact) mass is 274 g/mol.